The molecular weight excluding hydrogens is 264 g/mol. The van der Waals surface area contributed by atoms with E-state index in [0.717, 1.165) is 11.3 Å². The minimum atomic E-state index is -0.286. The van der Waals surface area contributed by atoms with Crippen molar-refractivity contribution in [3.8, 4) is 16.3 Å². The molecule has 0 fully saturated rings. The smallest absolute Gasteiger partial charge is 0.239 e. The minimum absolute atomic E-state index is 0.0747. The molecule has 0 bridgehead atoms. The summed E-state index contributed by atoms with van der Waals surface area (Å²) in [6, 6.07) is 7.57. The van der Waals surface area contributed by atoms with Gasteiger partial charge < -0.3 is 10.5 Å². The third-order valence-electron chi connectivity index (χ3n) is 2.25. The van der Waals surface area contributed by atoms with Crippen LogP contribution >= 0.6 is 11.3 Å². The molecule has 0 atom stereocenters. The number of amides is 1. The number of rotatable bonds is 5. The van der Waals surface area contributed by atoms with Crippen LogP contribution in [0.25, 0.3) is 10.6 Å². The fourth-order valence-electron chi connectivity index (χ4n) is 1.45. The van der Waals surface area contributed by atoms with Gasteiger partial charge in [-0.1, -0.05) is 23.5 Å². The second-order valence-electron chi connectivity index (χ2n) is 3.63. The van der Waals surface area contributed by atoms with E-state index in [2.05, 4.69) is 15.5 Å². The van der Waals surface area contributed by atoms with Crippen molar-refractivity contribution in [2.45, 2.75) is 6.92 Å². The quantitative estimate of drug-likeness (QED) is 0.865. The first-order chi connectivity index (χ1) is 9.22. The van der Waals surface area contributed by atoms with E-state index in [1.807, 2.05) is 31.2 Å². The maximum atomic E-state index is 11.1. The molecule has 1 heterocycles. The Kier molecular flexibility index (Phi) is 4.43. The molecule has 0 aliphatic heterocycles. The van der Waals surface area contributed by atoms with Crippen molar-refractivity contribution in [2.24, 2.45) is 5.73 Å². The molecule has 100 valence electrons. The zero-order valence-electron chi connectivity index (χ0n) is 10.4. The highest BCUT2D eigenvalue weighted by Gasteiger charge is 2.09. The van der Waals surface area contributed by atoms with E-state index in [9.17, 15) is 4.79 Å². The third-order valence-corrected chi connectivity index (χ3v) is 3.14. The van der Waals surface area contributed by atoms with Crippen molar-refractivity contribution in [2.75, 3.05) is 18.5 Å². The molecular formula is C12H14N4O2S. The second kappa shape index (κ2) is 6.26. The lowest BCUT2D eigenvalue weighted by Gasteiger charge is -2.03. The first kappa shape index (κ1) is 13.4. The molecule has 1 aromatic carbocycles. The topological polar surface area (TPSA) is 90.1 Å². The largest absolute Gasteiger partial charge is 0.494 e. The average Bonchev–Trinajstić information content (AvgIpc) is 2.88. The van der Waals surface area contributed by atoms with Crippen molar-refractivity contribution in [1.29, 1.82) is 0 Å². The van der Waals surface area contributed by atoms with Gasteiger partial charge in [-0.2, -0.15) is 0 Å². The van der Waals surface area contributed by atoms with Crippen molar-refractivity contribution < 1.29 is 9.53 Å². The van der Waals surface area contributed by atoms with Gasteiger partial charge in [0.05, 0.1) is 13.2 Å². The molecule has 0 aliphatic carbocycles. The molecule has 1 aromatic heterocycles. The molecule has 2 aromatic rings. The van der Waals surface area contributed by atoms with Crippen molar-refractivity contribution in [1.82, 2.24) is 10.2 Å². The fraction of sp³-hybridized carbons (Fsp3) is 0.250. The van der Waals surface area contributed by atoms with E-state index >= 15 is 0 Å². The maximum absolute atomic E-state index is 11.1. The van der Waals surface area contributed by atoms with Gasteiger partial charge in [0.2, 0.25) is 11.0 Å². The van der Waals surface area contributed by atoms with Crippen LogP contribution in [-0.2, 0) is 4.79 Å². The Morgan fingerprint density at radius 1 is 1.47 bits per heavy atom. The standard InChI is InChI=1S/C12H14N4O2S/c1-2-18-9-5-3-4-8(6-9)11-15-16-12(19-11)14-10(17)7-13/h3-6H,2,7,13H2,1H3,(H,14,16,17). The van der Waals surface area contributed by atoms with Crippen LogP contribution in [0.1, 0.15) is 6.92 Å². The van der Waals surface area contributed by atoms with Gasteiger partial charge in [0.15, 0.2) is 0 Å². The van der Waals surface area contributed by atoms with E-state index in [1.165, 1.54) is 11.3 Å². The van der Waals surface area contributed by atoms with Crippen molar-refractivity contribution in [3.63, 3.8) is 0 Å². The summed E-state index contributed by atoms with van der Waals surface area (Å²) in [6.45, 7) is 2.46. The van der Waals surface area contributed by atoms with E-state index in [-0.39, 0.29) is 12.5 Å². The lowest BCUT2D eigenvalue weighted by atomic mass is 10.2. The molecule has 6 nitrogen and oxygen atoms in total. The molecule has 0 radical (unpaired) electrons. The Hall–Kier alpha value is -1.99. The molecule has 0 aliphatic rings. The van der Waals surface area contributed by atoms with Crippen LogP contribution in [-0.4, -0.2) is 29.3 Å². The number of carbonyl (C=O) groups is 1. The number of aromatic nitrogens is 2. The van der Waals surface area contributed by atoms with Crippen LogP contribution in [0.3, 0.4) is 0 Å². The number of anilines is 1. The van der Waals surface area contributed by atoms with E-state index < -0.39 is 0 Å². The summed E-state index contributed by atoms with van der Waals surface area (Å²) in [5.74, 6) is 0.494. The number of benzene rings is 1. The molecule has 0 saturated carbocycles. The first-order valence-corrected chi connectivity index (χ1v) is 6.61. The molecule has 3 N–H and O–H groups in total. The van der Waals surface area contributed by atoms with Crippen LogP contribution < -0.4 is 15.8 Å². The van der Waals surface area contributed by atoms with Crippen molar-refractivity contribution in [3.05, 3.63) is 24.3 Å². The van der Waals surface area contributed by atoms with Gasteiger partial charge in [-0.25, -0.2) is 0 Å². The first-order valence-electron chi connectivity index (χ1n) is 5.79. The summed E-state index contributed by atoms with van der Waals surface area (Å²) in [5.41, 5.74) is 6.12. The Labute approximate surface area is 114 Å². The summed E-state index contributed by atoms with van der Waals surface area (Å²) >= 11 is 1.29. The van der Waals surface area contributed by atoms with Crippen molar-refractivity contribution >= 4 is 22.4 Å². The Bertz CT molecular complexity index is 570. The van der Waals surface area contributed by atoms with Gasteiger partial charge in [-0.3, -0.25) is 10.1 Å². The van der Waals surface area contributed by atoms with Crippen LogP contribution in [0.15, 0.2) is 24.3 Å². The number of carbonyl (C=O) groups excluding carboxylic acids is 1. The maximum Gasteiger partial charge on any atom is 0.239 e. The minimum Gasteiger partial charge on any atom is -0.494 e. The Morgan fingerprint density at radius 2 is 2.32 bits per heavy atom. The number of nitrogens with two attached hydrogens (primary N) is 1. The van der Waals surface area contributed by atoms with E-state index in [4.69, 9.17) is 10.5 Å². The normalized spacial score (nSPS) is 10.2. The van der Waals surface area contributed by atoms with Crippen LogP contribution in [0, 0.1) is 0 Å². The van der Waals surface area contributed by atoms with Gasteiger partial charge in [0.1, 0.15) is 10.8 Å². The number of hydrogen-bond donors (Lipinski definition) is 2. The Balaban J connectivity index is 2.17. The molecule has 0 unspecified atom stereocenters. The predicted octanol–water partition coefficient (Wildman–Crippen LogP) is 1.50. The number of ether oxygens (including phenoxy) is 1. The highest BCUT2D eigenvalue weighted by atomic mass is 32.1. The van der Waals surface area contributed by atoms with Crippen LogP contribution in [0.2, 0.25) is 0 Å². The fourth-order valence-corrected chi connectivity index (χ4v) is 2.20. The number of nitrogens with zero attached hydrogens (tertiary/aromatic N) is 2. The molecule has 1 amide bonds. The summed E-state index contributed by atoms with van der Waals surface area (Å²) in [4.78, 5) is 11.1. The van der Waals surface area contributed by atoms with Crippen LogP contribution in [0.5, 0.6) is 5.75 Å². The van der Waals surface area contributed by atoms with Gasteiger partial charge in [-0.15, -0.1) is 10.2 Å². The average molecular weight is 278 g/mol. The van der Waals surface area contributed by atoms with E-state index in [0.29, 0.717) is 16.7 Å². The summed E-state index contributed by atoms with van der Waals surface area (Å²) < 4.78 is 5.43. The van der Waals surface area contributed by atoms with Gasteiger partial charge >= 0.3 is 0 Å². The molecule has 2 rings (SSSR count). The number of hydrogen-bond acceptors (Lipinski definition) is 6. The summed E-state index contributed by atoms with van der Waals surface area (Å²) in [7, 11) is 0. The molecule has 0 spiro atoms. The summed E-state index contributed by atoms with van der Waals surface area (Å²) in [6.07, 6.45) is 0. The van der Waals surface area contributed by atoms with Crippen LogP contribution in [0.4, 0.5) is 5.13 Å². The SMILES string of the molecule is CCOc1cccc(-c2nnc(NC(=O)CN)s2)c1. The zero-order chi connectivity index (χ0) is 13.7. The van der Waals surface area contributed by atoms with E-state index in [1.54, 1.807) is 0 Å². The highest BCUT2D eigenvalue weighted by Crippen LogP contribution is 2.28. The third kappa shape index (κ3) is 3.49. The second-order valence-corrected chi connectivity index (χ2v) is 4.60. The van der Waals surface area contributed by atoms with Gasteiger partial charge in [0.25, 0.3) is 0 Å². The number of nitrogens with one attached hydrogen (secondary N) is 1. The summed E-state index contributed by atoms with van der Waals surface area (Å²) in [5, 5.41) is 11.7. The Morgan fingerprint density at radius 3 is 3.05 bits per heavy atom. The molecule has 7 heteroatoms. The highest BCUT2D eigenvalue weighted by molar-refractivity contribution is 7.18. The predicted molar refractivity (Wildman–Crippen MR) is 74.2 cm³/mol. The molecule has 0 saturated heterocycles. The van der Waals surface area contributed by atoms with Gasteiger partial charge in [0, 0.05) is 5.56 Å². The molecule has 19 heavy (non-hydrogen) atoms. The lowest BCUT2D eigenvalue weighted by molar-refractivity contribution is -0.114. The van der Waals surface area contributed by atoms with Gasteiger partial charge in [-0.05, 0) is 19.1 Å². The zero-order valence-corrected chi connectivity index (χ0v) is 11.2. The lowest BCUT2D eigenvalue weighted by Crippen LogP contribution is -2.21. The monoisotopic (exact) mass is 278 g/mol.